The Kier molecular flexibility index (Phi) is 5.56. The minimum Gasteiger partial charge on any atom is -0.396 e. The van der Waals surface area contributed by atoms with Crippen LogP contribution in [0.15, 0.2) is 30.3 Å². The van der Waals surface area contributed by atoms with Crippen LogP contribution in [0.25, 0.3) is 5.69 Å². The van der Waals surface area contributed by atoms with Gasteiger partial charge in [0, 0.05) is 37.3 Å². The molecule has 6 heteroatoms. The number of ether oxygens (including phenoxy) is 1. The fourth-order valence-electron chi connectivity index (χ4n) is 3.24. The molecule has 0 bridgehead atoms. The second kappa shape index (κ2) is 7.66. The number of hydrogen-bond donors (Lipinski definition) is 2. The zero-order valence-corrected chi connectivity index (χ0v) is 14.7. The van der Waals surface area contributed by atoms with Gasteiger partial charge in [-0.05, 0) is 31.9 Å². The average molecular weight is 350 g/mol. The Morgan fingerprint density at radius 2 is 2.17 bits per heavy atom. The lowest BCUT2D eigenvalue weighted by atomic mass is 9.84. The summed E-state index contributed by atoms with van der Waals surface area (Å²) in [6, 6.07) is 9.89. The first-order chi connectivity index (χ1) is 11.7. The van der Waals surface area contributed by atoms with Crippen LogP contribution in [-0.2, 0) is 11.3 Å². The summed E-state index contributed by atoms with van der Waals surface area (Å²) >= 11 is 6.55. The van der Waals surface area contributed by atoms with E-state index in [0.717, 1.165) is 42.9 Å². The van der Waals surface area contributed by atoms with Crippen molar-refractivity contribution in [3.8, 4) is 5.69 Å². The van der Waals surface area contributed by atoms with E-state index < -0.39 is 0 Å². The summed E-state index contributed by atoms with van der Waals surface area (Å²) in [6.07, 6.45) is 1.74. The fraction of sp³-hybridized carbons (Fsp3) is 0.500. The Hall–Kier alpha value is -1.40. The first-order valence-corrected chi connectivity index (χ1v) is 8.72. The summed E-state index contributed by atoms with van der Waals surface area (Å²) in [7, 11) is 0. The molecule has 2 aromatic rings. The number of hydrogen-bond acceptors (Lipinski definition) is 4. The largest absolute Gasteiger partial charge is 0.396 e. The van der Waals surface area contributed by atoms with E-state index in [1.807, 2.05) is 37.3 Å². The van der Waals surface area contributed by atoms with Crippen LogP contribution in [0.2, 0.25) is 5.15 Å². The second-order valence-electron chi connectivity index (χ2n) is 6.48. The molecule has 0 radical (unpaired) electrons. The van der Waals surface area contributed by atoms with Crippen molar-refractivity contribution in [1.82, 2.24) is 15.1 Å². The normalized spacial score (nSPS) is 20.6. The monoisotopic (exact) mass is 349 g/mol. The van der Waals surface area contributed by atoms with E-state index >= 15 is 0 Å². The highest BCUT2D eigenvalue weighted by Crippen LogP contribution is 2.32. The van der Waals surface area contributed by atoms with Crippen molar-refractivity contribution in [3.63, 3.8) is 0 Å². The molecule has 24 heavy (non-hydrogen) atoms. The van der Waals surface area contributed by atoms with Gasteiger partial charge >= 0.3 is 0 Å². The van der Waals surface area contributed by atoms with Crippen LogP contribution >= 0.6 is 11.6 Å². The number of halogens is 1. The van der Waals surface area contributed by atoms with E-state index in [0.29, 0.717) is 18.3 Å². The SMILES string of the molecule is Cc1nn(-c2ccccc2)c(Cl)c1CNCC1(CCO)CCOC1. The molecule has 1 atom stereocenters. The Morgan fingerprint density at radius 3 is 2.83 bits per heavy atom. The number of nitrogens with one attached hydrogen (secondary N) is 1. The van der Waals surface area contributed by atoms with Gasteiger partial charge < -0.3 is 15.2 Å². The van der Waals surface area contributed by atoms with Crippen molar-refractivity contribution in [2.24, 2.45) is 5.41 Å². The van der Waals surface area contributed by atoms with Gasteiger partial charge in [0.2, 0.25) is 0 Å². The maximum Gasteiger partial charge on any atom is 0.137 e. The molecular formula is C18H24ClN3O2. The lowest BCUT2D eigenvalue weighted by Gasteiger charge is -2.26. The number of rotatable bonds is 7. The smallest absolute Gasteiger partial charge is 0.137 e. The predicted octanol–water partition coefficient (Wildman–Crippen LogP) is 2.71. The van der Waals surface area contributed by atoms with Crippen LogP contribution in [0.3, 0.4) is 0 Å². The van der Waals surface area contributed by atoms with Gasteiger partial charge in [0.25, 0.3) is 0 Å². The number of para-hydroxylation sites is 1. The fourth-order valence-corrected chi connectivity index (χ4v) is 3.58. The highest BCUT2D eigenvalue weighted by atomic mass is 35.5. The van der Waals surface area contributed by atoms with Gasteiger partial charge in [0.1, 0.15) is 5.15 Å². The third kappa shape index (κ3) is 3.64. The Bertz CT molecular complexity index is 666. The Balaban J connectivity index is 1.69. The molecule has 1 unspecified atom stereocenters. The molecule has 1 aliphatic heterocycles. The molecule has 5 nitrogen and oxygen atoms in total. The van der Waals surface area contributed by atoms with Crippen molar-refractivity contribution in [1.29, 1.82) is 0 Å². The van der Waals surface area contributed by atoms with Crippen LogP contribution < -0.4 is 5.32 Å². The second-order valence-corrected chi connectivity index (χ2v) is 6.84. The summed E-state index contributed by atoms with van der Waals surface area (Å²) in [4.78, 5) is 0. The molecule has 1 aromatic heterocycles. The summed E-state index contributed by atoms with van der Waals surface area (Å²) in [6.45, 7) is 5.11. The molecule has 1 fully saturated rings. The molecule has 1 saturated heterocycles. The van der Waals surface area contributed by atoms with Gasteiger partial charge in [-0.3, -0.25) is 0 Å². The summed E-state index contributed by atoms with van der Waals surface area (Å²) < 4.78 is 7.31. The van der Waals surface area contributed by atoms with Crippen molar-refractivity contribution in [3.05, 3.63) is 46.7 Å². The quantitative estimate of drug-likeness (QED) is 0.807. The predicted molar refractivity (Wildman–Crippen MR) is 94.6 cm³/mol. The Labute approximate surface area is 147 Å². The maximum absolute atomic E-state index is 9.31. The summed E-state index contributed by atoms with van der Waals surface area (Å²) in [5.41, 5.74) is 2.93. The minimum atomic E-state index is 0.0323. The standard InChI is InChI=1S/C18H24ClN3O2/c1-14-16(11-20-12-18(7-9-23)8-10-24-13-18)17(19)22(21-14)15-5-3-2-4-6-15/h2-6,20,23H,7-13H2,1H3. The van der Waals surface area contributed by atoms with E-state index in [2.05, 4.69) is 10.4 Å². The van der Waals surface area contributed by atoms with E-state index in [9.17, 15) is 5.11 Å². The number of aliphatic hydroxyl groups excluding tert-OH is 1. The zero-order chi connectivity index (χ0) is 17.0. The number of aryl methyl sites for hydroxylation is 1. The van der Waals surface area contributed by atoms with Crippen LogP contribution in [-0.4, -0.2) is 41.3 Å². The number of nitrogens with zero attached hydrogens (tertiary/aromatic N) is 2. The topological polar surface area (TPSA) is 59.3 Å². The van der Waals surface area contributed by atoms with Crippen LogP contribution in [0.1, 0.15) is 24.1 Å². The molecule has 0 spiro atoms. The molecule has 130 valence electrons. The third-order valence-corrected chi connectivity index (χ3v) is 5.14. The van der Waals surface area contributed by atoms with E-state index in [1.165, 1.54) is 0 Å². The molecule has 0 saturated carbocycles. The van der Waals surface area contributed by atoms with Crippen LogP contribution in [0, 0.1) is 12.3 Å². The van der Waals surface area contributed by atoms with Crippen molar-refractivity contribution < 1.29 is 9.84 Å². The summed E-state index contributed by atoms with van der Waals surface area (Å²) in [5, 5.41) is 18.0. The molecule has 2 N–H and O–H groups in total. The molecule has 1 aliphatic rings. The first-order valence-electron chi connectivity index (χ1n) is 8.34. The lowest BCUT2D eigenvalue weighted by Crippen LogP contribution is -2.35. The maximum atomic E-state index is 9.31. The zero-order valence-electron chi connectivity index (χ0n) is 14.0. The number of benzene rings is 1. The van der Waals surface area contributed by atoms with E-state index in [-0.39, 0.29) is 12.0 Å². The van der Waals surface area contributed by atoms with E-state index in [1.54, 1.807) is 4.68 Å². The Morgan fingerprint density at radius 1 is 1.38 bits per heavy atom. The van der Waals surface area contributed by atoms with Gasteiger partial charge in [-0.1, -0.05) is 29.8 Å². The van der Waals surface area contributed by atoms with Crippen molar-refractivity contribution in [2.45, 2.75) is 26.3 Å². The van der Waals surface area contributed by atoms with Gasteiger partial charge in [-0.15, -0.1) is 0 Å². The average Bonchev–Trinajstić information content (AvgIpc) is 3.16. The van der Waals surface area contributed by atoms with Gasteiger partial charge in [0.05, 0.1) is 18.0 Å². The molecule has 0 amide bonds. The summed E-state index contributed by atoms with van der Waals surface area (Å²) in [5.74, 6) is 0. The number of aliphatic hydroxyl groups is 1. The van der Waals surface area contributed by atoms with E-state index in [4.69, 9.17) is 16.3 Å². The minimum absolute atomic E-state index is 0.0323. The van der Waals surface area contributed by atoms with Gasteiger partial charge in [-0.25, -0.2) is 4.68 Å². The first kappa shape index (κ1) is 17.4. The molecular weight excluding hydrogens is 326 g/mol. The molecule has 0 aliphatic carbocycles. The highest BCUT2D eigenvalue weighted by Gasteiger charge is 2.34. The van der Waals surface area contributed by atoms with Crippen molar-refractivity contribution >= 4 is 11.6 Å². The highest BCUT2D eigenvalue weighted by molar-refractivity contribution is 6.30. The number of aromatic nitrogens is 2. The third-order valence-electron chi connectivity index (χ3n) is 4.75. The molecule has 3 rings (SSSR count). The van der Waals surface area contributed by atoms with Crippen molar-refractivity contribution in [2.75, 3.05) is 26.4 Å². The van der Waals surface area contributed by atoms with Gasteiger partial charge in [0.15, 0.2) is 0 Å². The van der Waals surface area contributed by atoms with Crippen LogP contribution in [0.5, 0.6) is 0 Å². The van der Waals surface area contributed by atoms with Crippen LogP contribution in [0.4, 0.5) is 0 Å². The molecule has 1 aromatic carbocycles. The molecule has 2 heterocycles. The van der Waals surface area contributed by atoms with Gasteiger partial charge in [-0.2, -0.15) is 5.10 Å². The lowest BCUT2D eigenvalue weighted by molar-refractivity contribution is 0.124.